The fourth-order valence-corrected chi connectivity index (χ4v) is 4.83. The maximum atomic E-state index is 12.7. The van der Waals surface area contributed by atoms with Crippen LogP contribution in [0.15, 0.2) is 29.8 Å². The van der Waals surface area contributed by atoms with Crippen LogP contribution in [-0.2, 0) is 16.1 Å². The summed E-state index contributed by atoms with van der Waals surface area (Å²) in [6.45, 7) is 5.22. The number of aryl methyl sites for hydroxylation is 1. The van der Waals surface area contributed by atoms with E-state index in [1.807, 2.05) is 36.4 Å². The predicted molar refractivity (Wildman–Crippen MR) is 111 cm³/mol. The number of benzene rings is 1. The first-order chi connectivity index (χ1) is 13.5. The van der Waals surface area contributed by atoms with E-state index in [1.54, 1.807) is 11.3 Å². The monoisotopic (exact) mass is 397 g/mol. The smallest absolute Gasteiger partial charge is 0.243 e. The van der Waals surface area contributed by atoms with E-state index >= 15 is 0 Å². The molecule has 2 unspecified atom stereocenters. The number of hydrogen-bond donors (Lipinski definition) is 1. The number of nitrogens with zero attached hydrogens (tertiary/aromatic N) is 2. The van der Waals surface area contributed by atoms with Gasteiger partial charge >= 0.3 is 0 Å². The van der Waals surface area contributed by atoms with Gasteiger partial charge in [-0.25, -0.2) is 4.98 Å². The van der Waals surface area contributed by atoms with Crippen LogP contribution in [0, 0.1) is 18.8 Å². The molecule has 6 heteroatoms. The third-order valence-corrected chi connectivity index (χ3v) is 6.96. The predicted octanol–water partition coefficient (Wildman–Crippen LogP) is 3.77. The van der Waals surface area contributed by atoms with Crippen molar-refractivity contribution in [2.45, 2.75) is 52.1 Å². The summed E-state index contributed by atoms with van der Waals surface area (Å²) in [6, 6.07) is 7.92. The fourth-order valence-electron chi connectivity index (χ4n) is 4.02. The molecule has 1 aromatic heterocycles. The molecule has 5 nitrogen and oxygen atoms in total. The molecule has 1 aliphatic carbocycles. The van der Waals surface area contributed by atoms with Gasteiger partial charge in [0.1, 0.15) is 6.04 Å². The fraction of sp³-hybridized carbons (Fsp3) is 0.500. The Morgan fingerprint density at radius 1 is 1.25 bits per heavy atom. The zero-order chi connectivity index (χ0) is 19.7. The zero-order valence-electron chi connectivity index (χ0n) is 16.5. The number of carbonyl (C=O) groups excluding carboxylic acids is 2. The van der Waals surface area contributed by atoms with Crippen molar-refractivity contribution in [1.82, 2.24) is 15.2 Å². The van der Waals surface area contributed by atoms with Gasteiger partial charge in [-0.15, -0.1) is 11.3 Å². The molecule has 1 saturated heterocycles. The van der Waals surface area contributed by atoms with Gasteiger partial charge in [0, 0.05) is 19.0 Å². The number of aromatic nitrogens is 1. The van der Waals surface area contributed by atoms with Crippen LogP contribution in [0.25, 0.3) is 10.4 Å². The van der Waals surface area contributed by atoms with Gasteiger partial charge in [0.05, 0.1) is 16.1 Å². The first-order valence-corrected chi connectivity index (χ1v) is 11.0. The molecule has 1 saturated carbocycles. The van der Waals surface area contributed by atoms with E-state index < -0.39 is 0 Å². The van der Waals surface area contributed by atoms with Crippen molar-refractivity contribution >= 4 is 23.2 Å². The maximum Gasteiger partial charge on any atom is 0.243 e. The first kappa shape index (κ1) is 19.1. The molecule has 2 amide bonds. The van der Waals surface area contributed by atoms with Crippen LogP contribution in [0.2, 0.25) is 0 Å². The summed E-state index contributed by atoms with van der Waals surface area (Å²) in [7, 11) is 0. The van der Waals surface area contributed by atoms with Crippen LogP contribution in [0.1, 0.15) is 43.9 Å². The number of likely N-dealkylation sites (tertiary alicyclic amines) is 1. The molecule has 2 atom stereocenters. The van der Waals surface area contributed by atoms with Gasteiger partial charge in [0.2, 0.25) is 11.8 Å². The summed E-state index contributed by atoms with van der Waals surface area (Å²) in [5.74, 6) is 0.703. The third kappa shape index (κ3) is 3.97. The van der Waals surface area contributed by atoms with Gasteiger partial charge in [-0.05, 0) is 49.7 Å². The van der Waals surface area contributed by atoms with Gasteiger partial charge < -0.3 is 10.2 Å². The van der Waals surface area contributed by atoms with Crippen molar-refractivity contribution in [1.29, 1.82) is 0 Å². The molecule has 2 aliphatic rings. The second-order valence-corrected chi connectivity index (χ2v) is 8.85. The second kappa shape index (κ2) is 8.03. The van der Waals surface area contributed by atoms with Crippen LogP contribution in [0.3, 0.4) is 0 Å². The number of thiazole rings is 1. The third-order valence-electron chi connectivity index (χ3n) is 5.99. The molecule has 148 valence electrons. The summed E-state index contributed by atoms with van der Waals surface area (Å²) >= 11 is 1.64. The quantitative estimate of drug-likeness (QED) is 0.807. The van der Waals surface area contributed by atoms with Crippen LogP contribution >= 0.6 is 11.3 Å². The van der Waals surface area contributed by atoms with E-state index in [9.17, 15) is 9.59 Å². The molecule has 4 rings (SSSR count). The average molecular weight is 398 g/mol. The summed E-state index contributed by atoms with van der Waals surface area (Å²) in [4.78, 5) is 32.8. The average Bonchev–Trinajstić information content (AvgIpc) is 3.28. The highest BCUT2D eigenvalue weighted by atomic mass is 32.1. The van der Waals surface area contributed by atoms with E-state index in [0.29, 0.717) is 19.0 Å². The summed E-state index contributed by atoms with van der Waals surface area (Å²) in [5, 5.41) is 3.03. The summed E-state index contributed by atoms with van der Waals surface area (Å²) in [5.41, 5.74) is 5.10. The van der Waals surface area contributed by atoms with Crippen molar-refractivity contribution in [3.8, 4) is 10.4 Å². The van der Waals surface area contributed by atoms with E-state index in [0.717, 1.165) is 42.5 Å². The minimum absolute atomic E-state index is 0.0313. The standard InChI is InChI=1S/C22H27N3O2S/c1-14(17-9-10-17)22(27)25-11-3-4-19(25)21(26)23-12-16-5-7-18(8-6-16)20-15(2)24-13-28-20/h5-8,13-14,17,19H,3-4,9-12H2,1-2H3,(H,23,26). The molecule has 2 fully saturated rings. The number of nitrogens with one attached hydrogen (secondary N) is 1. The Kier molecular flexibility index (Phi) is 5.49. The summed E-state index contributed by atoms with van der Waals surface area (Å²) in [6.07, 6.45) is 3.96. The van der Waals surface area contributed by atoms with Gasteiger partial charge in [-0.1, -0.05) is 31.2 Å². The van der Waals surface area contributed by atoms with Crippen LogP contribution in [0.5, 0.6) is 0 Å². The van der Waals surface area contributed by atoms with Gasteiger partial charge in [-0.3, -0.25) is 9.59 Å². The van der Waals surface area contributed by atoms with Crippen LogP contribution in [0.4, 0.5) is 0 Å². The summed E-state index contributed by atoms with van der Waals surface area (Å²) < 4.78 is 0. The Bertz CT molecular complexity index is 857. The number of hydrogen-bond acceptors (Lipinski definition) is 4. The minimum Gasteiger partial charge on any atom is -0.350 e. The van der Waals surface area contributed by atoms with Crippen molar-refractivity contribution in [2.24, 2.45) is 11.8 Å². The van der Waals surface area contributed by atoms with E-state index in [4.69, 9.17) is 0 Å². The lowest BCUT2D eigenvalue weighted by Crippen LogP contribution is -2.47. The van der Waals surface area contributed by atoms with Gasteiger partial charge in [-0.2, -0.15) is 0 Å². The molecular weight excluding hydrogens is 370 g/mol. The largest absolute Gasteiger partial charge is 0.350 e. The lowest BCUT2D eigenvalue weighted by molar-refractivity contribution is -0.141. The van der Waals surface area contributed by atoms with Crippen molar-refractivity contribution in [3.63, 3.8) is 0 Å². The topological polar surface area (TPSA) is 62.3 Å². The molecular formula is C22H27N3O2S. The Morgan fingerprint density at radius 3 is 2.64 bits per heavy atom. The van der Waals surface area contributed by atoms with Gasteiger partial charge in [0.25, 0.3) is 0 Å². The van der Waals surface area contributed by atoms with Crippen molar-refractivity contribution in [2.75, 3.05) is 6.54 Å². The highest BCUT2D eigenvalue weighted by Gasteiger charge is 2.40. The number of amides is 2. The highest BCUT2D eigenvalue weighted by Crippen LogP contribution is 2.38. The molecule has 0 bridgehead atoms. The minimum atomic E-state index is -0.312. The Balaban J connectivity index is 1.34. The zero-order valence-corrected chi connectivity index (χ0v) is 17.3. The van der Waals surface area contributed by atoms with Crippen LogP contribution < -0.4 is 5.32 Å². The molecule has 0 spiro atoms. The molecule has 1 aromatic carbocycles. The Morgan fingerprint density at radius 2 is 2.00 bits per heavy atom. The lowest BCUT2D eigenvalue weighted by Gasteiger charge is -2.26. The highest BCUT2D eigenvalue weighted by molar-refractivity contribution is 7.13. The number of rotatable bonds is 6. The molecule has 2 aromatic rings. The molecule has 1 N–H and O–H groups in total. The van der Waals surface area contributed by atoms with Crippen LogP contribution in [-0.4, -0.2) is 34.3 Å². The Hall–Kier alpha value is -2.21. The Labute approximate surface area is 170 Å². The lowest BCUT2D eigenvalue weighted by atomic mass is 10.0. The molecule has 2 heterocycles. The van der Waals surface area contributed by atoms with Crippen molar-refractivity contribution < 1.29 is 9.59 Å². The molecule has 28 heavy (non-hydrogen) atoms. The molecule has 0 radical (unpaired) electrons. The SMILES string of the molecule is Cc1ncsc1-c1ccc(CNC(=O)C2CCCN2C(=O)C(C)C2CC2)cc1. The van der Waals surface area contributed by atoms with Gasteiger partial charge in [0.15, 0.2) is 0 Å². The van der Waals surface area contributed by atoms with E-state index in [1.165, 1.54) is 4.88 Å². The maximum absolute atomic E-state index is 12.7. The molecule has 1 aliphatic heterocycles. The second-order valence-electron chi connectivity index (χ2n) is 8.00. The normalized spacial score (nSPS) is 20.2. The van der Waals surface area contributed by atoms with Crippen molar-refractivity contribution in [3.05, 3.63) is 41.0 Å². The van der Waals surface area contributed by atoms with E-state index in [2.05, 4.69) is 22.4 Å². The van der Waals surface area contributed by atoms with E-state index in [-0.39, 0.29) is 23.8 Å². The first-order valence-electron chi connectivity index (χ1n) is 10.1. The number of carbonyl (C=O) groups is 2.